The number of nitrogen functional groups attached to an aromatic ring is 1. The summed E-state index contributed by atoms with van der Waals surface area (Å²) < 4.78 is 0. The molecule has 0 fully saturated rings. The number of amides is 1. The second-order valence-electron chi connectivity index (χ2n) is 4.53. The average molecular weight is 286 g/mol. The number of aromatic hydroxyl groups is 1. The third-order valence-electron chi connectivity index (χ3n) is 2.92. The van der Waals surface area contributed by atoms with Gasteiger partial charge in [-0.3, -0.25) is 9.78 Å². The van der Waals surface area contributed by atoms with Crippen LogP contribution in [0.2, 0.25) is 0 Å². The summed E-state index contributed by atoms with van der Waals surface area (Å²) in [4.78, 5) is 15.7. The molecule has 110 valence electrons. The van der Waals surface area contributed by atoms with Gasteiger partial charge < -0.3 is 21.5 Å². The zero-order valence-corrected chi connectivity index (χ0v) is 11.8. The highest BCUT2D eigenvalue weighted by molar-refractivity contribution is 5.93. The number of rotatable bonds is 5. The number of phenols is 1. The van der Waals surface area contributed by atoms with Crippen molar-refractivity contribution >= 4 is 17.3 Å². The van der Waals surface area contributed by atoms with Crippen molar-refractivity contribution in [3.8, 4) is 5.75 Å². The van der Waals surface area contributed by atoms with Gasteiger partial charge in [0.1, 0.15) is 11.4 Å². The van der Waals surface area contributed by atoms with E-state index in [0.29, 0.717) is 30.0 Å². The highest BCUT2D eigenvalue weighted by Gasteiger charge is 2.07. The van der Waals surface area contributed by atoms with Crippen molar-refractivity contribution in [2.24, 2.45) is 0 Å². The monoisotopic (exact) mass is 286 g/mol. The predicted molar refractivity (Wildman–Crippen MR) is 82.1 cm³/mol. The van der Waals surface area contributed by atoms with Crippen LogP contribution in [0.4, 0.5) is 11.4 Å². The van der Waals surface area contributed by atoms with Gasteiger partial charge in [-0.15, -0.1) is 0 Å². The molecule has 0 spiro atoms. The molecule has 0 atom stereocenters. The third kappa shape index (κ3) is 3.85. The van der Waals surface area contributed by atoms with Gasteiger partial charge in [-0.2, -0.15) is 0 Å². The topological polar surface area (TPSA) is 100 Å². The summed E-state index contributed by atoms with van der Waals surface area (Å²) in [5, 5.41) is 15.6. The first-order chi connectivity index (χ1) is 10.1. The van der Waals surface area contributed by atoms with Gasteiger partial charge in [-0.05, 0) is 37.3 Å². The zero-order chi connectivity index (χ0) is 15.2. The number of anilines is 2. The van der Waals surface area contributed by atoms with Crippen LogP contribution < -0.4 is 16.4 Å². The van der Waals surface area contributed by atoms with Crippen LogP contribution in [0.15, 0.2) is 36.5 Å². The standard InChI is InChI=1S/C15H18N4O2/c1-2-17-15(21)13-8-12(5-6-18-13)19-9-10-7-11(16)3-4-14(10)20/h3-8,20H,2,9,16H2,1H3,(H,17,21)(H,18,19). The molecule has 1 amide bonds. The number of nitrogens with one attached hydrogen (secondary N) is 2. The summed E-state index contributed by atoms with van der Waals surface area (Å²) in [5.41, 5.74) is 8.05. The molecule has 2 rings (SSSR count). The fourth-order valence-corrected chi connectivity index (χ4v) is 1.86. The number of nitrogens with zero attached hydrogens (tertiary/aromatic N) is 1. The minimum atomic E-state index is -0.215. The van der Waals surface area contributed by atoms with Crippen LogP contribution in [-0.2, 0) is 6.54 Å². The van der Waals surface area contributed by atoms with Crippen LogP contribution in [0.5, 0.6) is 5.75 Å². The lowest BCUT2D eigenvalue weighted by atomic mass is 10.1. The van der Waals surface area contributed by atoms with E-state index in [1.807, 2.05) is 6.92 Å². The van der Waals surface area contributed by atoms with Crippen LogP contribution in [-0.4, -0.2) is 22.5 Å². The first-order valence-electron chi connectivity index (χ1n) is 6.65. The van der Waals surface area contributed by atoms with Crippen LogP contribution in [0.25, 0.3) is 0 Å². The Kier molecular flexibility index (Phi) is 4.61. The van der Waals surface area contributed by atoms with Gasteiger partial charge >= 0.3 is 0 Å². The summed E-state index contributed by atoms with van der Waals surface area (Å²) in [6, 6.07) is 8.31. The van der Waals surface area contributed by atoms with E-state index in [4.69, 9.17) is 5.73 Å². The maximum Gasteiger partial charge on any atom is 0.269 e. The maximum absolute atomic E-state index is 11.7. The van der Waals surface area contributed by atoms with E-state index < -0.39 is 0 Å². The van der Waals surface area contributed by atoms with Gasteiger partial charge in [-0.1, -0.05) is 0 Å². The molecule has 1 aromatic heterocycles. The van der Waals surface area contributed by atoms with Gasteiger partial charge in [0.2, 0.25) is 0 Å². The van der Waals surface area contributed by atoms with E-state index >= 15 is 0 Å². The normalized spacial score (nSPS) is 10.1. The SMILES string of the molecule is CCNC(=O)c1cc(NCc2cc(N)ccc2O)ccn1. The molecular weight excluding hydrogens is 268 g/mol. The number of carbonyl (C=O) groups is 1. The van der Waals surface area contributed by atoms with E-state index in [9.17, 15) is 9.90 Å². The highest BCUT2D eigenvalue weighted by atomic mass is 16.3. The number of hydrogen-bond acceptors (Lipinski definition) is 5. The first-order valence-corrected chi connectivity index (χ1v) is 6.65. The van der Waals surface area contributed by atoms with E-state index in [-0.39, 0.29) is 11.7 Å². The fraction of sp³-hybridized carbons (Fsp3) is 0.200. The van der Waals surface area contributed by atoms with E-state index in [1.54, 1.807) is 36.5 Å². The lowest BCUT2D eigenvalue weighted by molar-refractivity contribution is 0.0951. The van der Waals surface area contributed by atoms with Crippen molar-refractivity contribution in [3.05, 3.63) is 47.8 Å². The van der Waals surface area contributed by atoms with Crippen molar-refractivity contribution in [1.82, 2.24) is 10.3 Å². The lowest BCUT2D eigenvalue weighted by Crippen LogP contribution is -2.23. The molecule has 0 radical (unpaired) electrons. The van der Waals surface area contributed by atoms with Crippen molar-refractivity contribution in [2.75, 3.05) is 17.6 Å². The minimum absolute atomic E-state index is 0.176. The van der Waals surface area contributed by atoms with E-state index in [0.717, 1.165) is 5.69 Å². The van der Waals surface area contributed by atoms with Crippen molar-refractivity contribution in [3.63, 3.8) is 0 Å². The second-order valence-corrected chi connectivity index (χ2v) is 4.53. The van der Waals surface area contributed by atoms with Crippen molar-refractivity contribution < 1.29 is 9.90 Å². The molecule has 21 heavy (non-hydrogen) atoms. The number of phenolic OH excluding ortho intramolecular Hbond substituents is 1. The summed E-state index contributed by atoms with van der Waals surface area (Å²) in [7, 11) is 0. The Bertz CT molecular complexity index is 643. The smallest absolute Gasteiger partial charge is 0.269 e. The molecule has 0 saturated carbocycles. The molecule has 0 unspecified atom stereocenters. The average Bonchev–Trinajstić information content (AvgIpc) is 2.49. The Morgan fingerprint density at radius 1 is 1.33 bits per heavy atom. The molecule has 6 nitrogen and oxygen atoms in total. The second kappa shape index (κ2) is 6.60. The predicted octanol–water partition coefficient (Wildman–Crippen LogP) is 1.73. The quantitative estimate of drug-likeness (QED) is 0.495. The molecular formula is C15H18N4O2. The molecule has 0 aliphatic carbocycles. The van der Waals surface area contributed by atoms with Crippen LogP contribution in [0, 0.1) is 0 Å². The van der Waals surface area contributed by atoms with Gasteiger partial charge in [0.05, 0.1) is 0 Å². The molecule has 0 aliphatic heterocycles. The largest absolute Gasteiger partial charge is 0.508 e. The molecule has 1 aromatic carbocycles. The van der Waals surface area contributed by atoms with Crippen molar-refractivity contribution in [1.29, 1.82) is 0 Å². The Morgan fingerprint density at radius 3 is 2.90 bits per heavy atom. The van der Waals surface area contributed by atoms with E-state index in [1.165, 1.54) is 0 Å². The first kappa shape index (κ1) is 14.6. The van der Waals surface area contributed by atoms with E-state index in [2.05, 4.69) is 15.6 Å². The van der Waals surface area contributed by atoms with Gasteiger partial charge in [-0.25, -0.2) is 0 Å². The number of hydrogen-bond donors (Lipinski definition) is 4. The van der Waals surface area contributed by atoms with Crippen LogP contribution >= 0.6 is 0 Å². The molecule has 0 bridgehead atoms. The van der Waals surface area contributed by atoms with Crippen LogP contribution in [0.1, 0.15) is 23.0 Å². The van der Waals surface area contributed by atoms with Gasteiger partial charge in [0.15, 0.2) is 0 Å². The molecule has 1 heterocycles. The molecule has 6 heteroatoms. The Labute approximate surface area is 123 Å². The Morgan fingerprint density at radius 2 is 2.14 bits per heavy atom. The summed E-state index contributed by atoms with van der Waals surface area (Å²) >= 11 is 0. The Balaban J connectivity index is 2.08. The number of nitrogens with two attached hydrogens (primary N) is 1. The molecule has 0 aliphatic rings. The minimum Gasteiger partial charge on any atom is -0.508 e. The molecule has 2 aromatic rings. The molecule has 5 N–H and O–H groups in total. The number of aromatic nitrogens is 1. The highest BCUT2D eigenvalue weighted by Crippen LogP contribution is 2.21. The fourth-order valence-electron chi connectivity index (χ4n) is 1.86. The lowest BCUT2D eigenvalue weighted by Gasteiger charge is -2.10. The number of carbonyl (C=O) groups excluding carboxylic acids is 1. The number of pyridine rings is 1. The zero-order valence-electron chi connectivity index (χ0n) is 11.8. The van der Waals surface area contributed by atoms with Crippen LogP contribution in [0.3, 0.4) is 0 Å². The van der Waals surface area contributed by atoms with Gasteiger partial charge in [0.25, 0.3) is 5.91 Å². The maximum atomic E-state index is 11.7. The third-order valence-corrected chi connectivity index (χ3v) is 2.92. The number of benzene rings is 1. The van der Waals surface area contributed by atoms with Crippen molar-refractivity contribution in [2.45, 2.75) is 13.5 Å². The summed E-state index contributed by atoms with van der Waals surface area (Å²) in [6.07, 6.45) is 1.56. The summed E-state index contributed by atoms with van der Waals surface area (Å²) in [6.45, 7) is 2.80. The summed E-state index contributed by atoms with van der Waals surface area (Å²) in [5.74, 6) is -0.0392. The molecule has 0 saturated heterocycles. The van der Waals surface area contributed by atoms with Gasteiger partial charge in [0, 0.05) is 36.2 Å². The Hall–Kier alpha value is -2.76.